The van der Waals surface area contributed by atoms with Gasteiger partial charge in [0.05, 0.1) is 10.5 Å². The summed E-state index contributed by atoms with van der Waals surface area (Å²) in [6.07, 6.45) is 3.60. The number of rotatable bonds is 5. The van der Waals surface area contributed by atoms with Gasteiger partial charge >= 0.3 is 0 Å². The monoisotopic (exact) mass is 473 g/mol. The van der Waals surface area contributed by atoms with E-state index in [0.29, 0.717) is 13.1 Å². The Morgan fingerprint density at radius 3 is 2.09 bits per heavy atom. The largest absolute Gasteiger partial charge is 0.355 e. The van der Waals surface area contributed by atoms with Gasteiger partial charge in [-0.15, -0.1) is 20.4 Å². The second kappa shape index (κ2) is 8.98. The molecule has 0 bridgehead atoms. The fourth-order valence-corrected chi connectivity index (χ4v) is 5.65. The predicted octanol–water partition coefficient (Wildman–Crippen LogP) is 1.30. The summed E-state index contributed by atoms with van der Waals surface area (Å²) in [5.74, 6) is 0.995. The first-order valence-corrected chi connectivity index (χ1v) is 12.3. The highest BCUT2D eigenvalue weighted by molar-refractivity contribution is 7.89. The molecule has 1 N–H and O–H groups in total. The van der Waals surface area contributed by atoms with Gasteiger partial charge in [0.2, 0.25) is 15.8 Å². The normalized spacial score (nSPS) is 18.0. The lowest BCUT2D eigenvalue weighted by molar-refractivity contribution is 0.383. The van der Waals surface area contributed by atoms with Crippen LogP contribution >= 0.6 is 0 Å². The zero-order chi connectivity index (χ0) is 22.8. The van der Waals surface area contributed by atoms with Crippen LogP contribution in [0.3, 0.4) is 0 Å². The van der Waals surface area contributed by atoms with Crippen LogP contribution in [0.2, 0.25) is 0 Å². The van der Waals surface area contributed by atoms with Crippen LogP contribution in [0.4, 0.5) is 16.0 Å². The maximum Gasteiger partial charge on any atom is 0.243 e. The van der Waals surface area contributed by atoms with E-state index in [9.17, 15) is 12.8 Å². The van der Waals surface area contributed by atoms with Crippen molar-refractivity contribution in [3.8, 4) is 11.4 Å². The third-order valence-corrected chi connectivity index (χ3v) is 7.94. The number of anilines is 2. The Kier molecular flexibility index (Phi) is 5.89. The van der Waals surface area contributed by atoms with Gasteiger partial charge in [-0.25, -0.2) is 12.8 Å². The average Bonchev–Trinajstić information content (AvgIpc) is 3.40. The summed E-state index contributed by atoms with van der Waals surface area (Å²) in [7, 11) is -3.81. The molecule has 0 spiro atoms. The Bertz CT molecular complexity index is 1190. The molecule has 174 valence electrons. The highest BCUT2D eigenvalue weighted by atomic mass is 32.2. The van der Waals surface area contributed by atoms with E-state index >= 15 is 0 Å². The number of piperidine rings is 1. The first-order chi connectivity index (χ1) is 16.0. The number of benzene rings is 1. The van der Waals surface area contributed by atoms with Crippen molar-refractivity contribution in [3.63, 3.8) is 0 Å². The quantitative estimate of drug-likeness (QED) is 0.584. The third kappa shape index (κ3) is 4.37. The van der Waals surface area contributed by atoms with Gasteiger partial charge in [0, 0.05) is 39.3 Å². The van der Waals surface area contributed by atoms with Crippen molar-refractivity contribution in [1.82, 2.24) is 35.1 Å². The number of tetrazole rings is 1. The molecule has 0 saturated carbocycles. The highest BCUT2D eigenvalue weighted by Crippen LogP contribution is 2.26. The standard InChI is InChI=1S/C20H24FN9O2S/c21-17-5-4-15(14-16(17)20-24-26-27-25-20)33(31,32)30-12-10-29(11-13-30)19-7-6-18(22-23-19)28-8-2-1-3-9-28/h4-7,14H,1-3,8-13H2,(H,24,25,26,27). The van der Waals surface area contributed by atoms with Gasteiger partial charge < -0.3 is 9.80 Å². The summed E-state index contributed by atoms with van der Waals surface area (Å²) in [5.41, 5.74) is -0.0208. The fraction of sp³-hybridized carbons (Fsp3) is 0.450. The summed E-state index contributed by atoms with van der Waals surface area (Å²) >= 11 is 0. The summed E-state index contributed by atoms with van der Waals surface area (Å²) in [6.45, 7) is 3.54. The Morgan fingerprint density at radius 1 is 0.818 bits per heavy atom. The third-order valence-electron chi connectivity index (χ3n) is 6.04. The molecule has 2 aromatic heterocycles. The first-order valence-electron chi connectivity index (χ1n) is 10.9. The fourth-order valence-electron chi connectivity index (χ4n) is 4.20. The van der Waals surface area contributed by atoms with Crippen LogP contribution in [0.15, 0.2) is 35.2 Å². The van der Waals surface area contributed by atoms with E-state index in [1.54, 1.807) is 0 Å². The number of hydrogen-bond acceptors (Lipinski definition) is 9. The molecule has 2 fully saturated rings. The molecular weight excluding hydrogens is 449 g/mol. The molecular formula is C20H24FN9O2S. The molecule has 5 rings (SSSR count). The second-order valence-corrected chi connectivity index (χ2v) is 10.0. The summed E-state index contributed by atoms with van der Waals surface area (Å²) in [5, 5.41) is 21.9. The topological polar surface area (TPSA) is 124 Å². The Hall–Kier alpha value is -3.19. The van der Waals surface area contributed by atoms with Gasteiger partial charge in [0.1, 0.15) is 5.82 Å². The van der Waals surface area contributed by atoms with Crippen LogP contribution in [0.25, 0.3) is 11.4 Å². The summed E-state index contributed by atoms with van der Waals surface area (Å²) in [4.78, 5) is 4.26. The lowest BCUT2D eigenvalue weighted by atomic mass is 10.1. The number of aromatic nitrogens is 6. The molecule has 2 aliphatic rings. The maximum absolute atomic E-state index is 14.2. The van der Waals surface area contributed by atoms with E-state index in [4.69, 9.17) is 0 Å². The van der Waals surface area contributed by atoms with Crippen LogP contribution in [0.5, 0.6) is 0 Å². The minimum Gasteiger partial charge on any atom is -0.355 e. The van der Waals surface area contributed by atoms with Crippen molar-refractivity contribution in [1.29, 1.82) is 0 Å². The Balaban J connectivity index is 1.26. The van der Waals surface area contributed by atoms with Crippen molar-refractivity contribution in [2.75, 3.05) is 49.1 Å². The molecule has 11 nitrogen and oxygen atoms in total. The van der Waals surface area contributed by atoms with Gasteiger partial charge in [-0.2, -0.15) is 9.52 Å². The molecule has 3 aromatic rings. The zero-order valence-corrected chi connectivity index (χ0v) is 18.7. The van der Waals surface area contributed by atoms with Gasteiger partial charge in [0.25, 0.3) is 0 Å². The van der Waals surface area contributed by atoms with Crippen molar-refractivity contribution in [2.45, 2.75) is 24.2 Å². The second-order valence-electron chi connectivity index (χ2n) is 8.07. The number of nitrogens with zero attached hydrogens (tertiary/aromatic N) is 8. The van der Waals surface area contributed by atoms with Gasteiger partial charge in [-0.3, -0.25) is 0 Å². The Labute approximate surface area is 190 Å². The number of H-pyrrole nitrogens is 1. The van der Waals surface area contributed by atoms with E-state index in [1.807, 2.05) is 17.0 Å². The van der Waals surface area contributed by atoms with E-state index in [2.05, 4.69) is 35.7 Å². The van der Waals surface area contributed by atoms with E-state index in [1.165, 1.54) is 35.7 Å². The molecule has 13 heteroatoms. The summed E-state index contributed by atoms with van der Waals surface area (Å²) < 4.78 is 41.9. The smallest absolute Gasteiger partial charge is 0.243 e. The lowest BCUT2D eigenvalue weighted by Gasteiger charge is -2.34. The average molecular weight is 474 g/mol. The summed E-state index contributed by atoms with van der Waals surface area (Å²) in [6, 6.07) is 7.53. The molecule has 0 atom stereocenters. The number of hydrogen-bond donors (Lipinski definition) is 1. The Morgan fingerprint density at radius 2 is 1.48 bits per heavy atom. The number of aromatic amines is 1. The zero-order valence-electron chi connectivity index (χ0n) is 17.9. The number of nitrogens with one attached hydrogen (secondary N) is 1. The van der Waals surface area contributed by atoms with Crippen LogP contribution in [0.1, 0.15) is 19.3 Å². The molecule has 4 heterocycles. The number of halogens is 1. The number of piperazine rings is 1. The first kappa shape index (κ1) is 21.6. The van der Waals surface area contributed by atoms with Crippen LogP contribution in [-0.2, 0) is 10.0 Å². The van der Waals surface area contributed by atoms with Crippen LogP contribution in [0, 0.1) is 5.82 Å². The highest BCUT2D eigenvalue weighted by Gasteiger charge is 2.30. The van der Waals surface area contributed by atoms with Gasteiger partial charge in [0.15, 0.2) is 11.6 Å². The van der Waals surface area contributed by atoms with E-state index in [-0.39, 0.29) is 29.4 Å². The molecule has 33 heavy (non-hydrogen) atoms. The van der Waals surface area contributed by atoms with Crippen LogP contribution in [-0.4, -0.2) is 82.8 Å². The van der Waals surface area contributed by atoms with Gasteiger partial charge in [-0.05, 0) is 54.8 Å². The minimum atomic E-state index is -3.81. The molecule has 1 aromatic carbocycles. The molecule has 0 amide bonds. The molecule has 0 radical (unpaired) electrons. The van der Waals surface area contributed by atoms with Crippen molar-refractivity contribution in [2.24, 2.45) is 0 Å². The molecule has 0 unspecified atom stereocenters. The van der Waals surface area contributed by atoms with Crippen LogP contribution < -0.4 is 9.80 Å². The lowest BCUT2D eigenvalue weighted by Crippen LogP contribution is -2.49. The maximum atomic E-state index is 14.2. The van der Waals surface area contributed by atoms with Crippen molar-refractivity contribution < 1.29 is 12.8 Å². The number of sulfonamides is 1. The predicted molar refractivity (Wildman–Crippen MR) is 119 cm³/mol. The minimum absolute atomic E-state index is 0.000874. The van der Waals surface area contributed by atoms with Crippen molar-refractivity contribution >= 4 is 21.7 Å². The van der Waals surface area contributed by atoms with E-state index < -0.39 is 15.8 Å². The molecule has 2 saturated heterocycles. The van der Waals surface area contributed by atoms with Gasteiger partial charge in [-0.1, -0.05) is 0 Å². The SMILES string of the molecule is O=S(=O)(c1ccc(F)c(-c2nn[nH]n2)c1)N1CCN(c2ccc(N3CCCCC3)nn2)CC1. The molecule has 2 aliphatic heterocycles. The van der Waals surface area contributed by atoms with Crippen molar-refractivity contribution in [3.05, 3.63) is 36.1 Å². The van der Waals surface area contributed by atoms with E-state index in [0.717, 1.165) is 30.8 Å². The molecule has 0 aliphatic carbocycles.